The van der Waals surface area contributed by atoms with E-state index in [0.717, 1.165) is 16.8 Å². The molecule has 0 aliphatic heterocycles. The number of halogens is 1. The minimum atomic E-state index is -0.483. The van der Waals surface area contributed by atoms with Crippen molar-refractivity contribution in [1.29, 1.82) is 0 Å². The number of hydrogen-bond acceptors (Lipinski definition) is 2. The Morgan fingerprint density at radius 1 is 1.18 bits per heavy atom. The van der Waals surface area contributed by atoms with E-state index in [-0.39, 0.29) is 0 Å². The second-order valence-corrected chi connectivity index (χ2v) is 5.32. The lowest BCUT2D eigenvalue weighted by molar-refractivity contribution is 0.178. The topological polar surface area (TPSA) is 33.1 Å². The summed E-state index contributed by atoms with van der Waals surface area (Å²) >= 11 is 2.27. The predicted octanol–water partition coefficient (Wildman–Crippen LogP) is 3.27. The van der Waals surface area contributed by atoms with Crippen LogP contribution in [0.1, 0.15) is 22.9 Å². The molecule has 1 atom stereocenters. The van der Waals surface area contributed by atoms with Crippen molar-refractivity contribution in [3.8, 4) is 0 Å². The molecule has 0 fully saturated rings. The lowest BCUT2D eigenvalue weighted by atomic mass is 10.0. The first kappa shape index (κ1) is 12.5. The van der Waals surface area contributed by atoms with Crippen molar-refractivity contribution in [1.82, 2.24) is 4.98 Å². The van der Waals surface area contributed by atoms with Crippen molar-refractivity contribution in [2.45, 2.75) is 19.4 Å². The van der Waals surface area contributed by atoms with Crippen LogP contribution in [0.25, 0.3) is 0 Å². The molecule has 0 saturated heterocycles. The summed E-state index contributed by atoms with van der Waals surface area (Å²) in [7, 11) is 0. The van der Waals surface area contributed by atoms with Crippen molar-refractivity contribution in [2.24, 2.45) is 0 Å². The standard InChI is InChI=1S/C14H14INO/c1-10-2-5-12(9-16-10)14(17)8-11-3-6-13(15)7-4-11/h2-7,9,14,17H,8H2,1H3. The second-order valence-electron chi connectivity index (χ2n) is 4.08. The van der Waals surface area contributed by atoms with E-state index in [4.69, 9.17) is 0 Å². The number of pyridine rings is 1. The van der Waals surface area contributed by atoms with Crippen LogP contribution in [-0.2, 0) is 6.42 Å². The van der Waals surface area contributed by atoms with Crippen LogP contribution < -0.4 is 0 Å². The molecule has 0 spiro atoms. The van der Waals surface area contributed by atoms with Crippen molar-refractivity contribution in [3.05, 3.63) is 63.0 Å². The molecule has 2 aromatic rings. The Balaban J connectivity index is 2.08. The fourth-order valence-corrected chi connectivity index (χ4v) is 2.00. The highest BCUT2D eigenvalue weighted by Gasteiger charge is 2.08. The summed E-state index contributed by atoms with van der Waals surface area (Å²) in [5.41, 5.74) is 2.97. The number of benzene rings is 1. The van der Waals surface area contributed by atoms with E-state index in [2.05, 4.69) is 39.7 Å². The van der Waals surface area contributed by atoms with E-state index in [1.54, 1.807) is 6.20 Å². The number of nitrogens with zero attached hydrogens (tertiary/aromatic N) is 1. The van der Waals surface area contributed by atoms with E-state index in [0.29, 0.717) is 6.42 Å². The zero-order valence-electron chi connectivity index (χ0n) is 9.60. The third kappa shape index (κ3) is 3.51. The quantitative estimate of drug-likeness (QED) is 0.871. The maximum atomic E-state index is 10.1. The van der Waals surface area contributed by atoms with Gasteiger partial charge in [0.25, 0.3) is 0 Å². The Morgan fingerprint density at radius 2 is 1.88 bits per heavy atom. The van der Waals surface area contributed by atoms with Gasteiger partial charge in [0.15, 0.2) is 0 Å². The normalized spacial score (nSPS) is 12.4. The molecule has 2 rings (SSSR count). The number of rotatable bonds is 3. The lowest BCUT2D eigenvalue weighted by Gasteiger charge is -2.11. The van der Waals surface area contributed by atoms with Gasteiger partial charge in [-0.1, -0.05) is 18.2 Å². The van der Waals surface area contributed by atoms with Gasteiger partial charge in [-0.3, -0.25) is 4.98 Å². The molecule has 0 aliphatic carbocycles. The average Bonchev–Trinajstić information content (AvgIpc) is 2.33. The molecule has 1 unspecified atom stereocenters. The van der Waals surface area contributed by atoms with E-state index in [1.807, 2.05) is 31.2 Å². The highest BCUT2D eigenvalue weighted by Crippen LogP contribution is 2.18. The first-order valence-electron chi connectivity index (χ1n) is 5.50. The Kier molecular flexibility index (Phi) is 4.12. The molecule has 1 heterocycles. The fraction of sp³-hybridized carbons (Fsp3) is 0.214. The average molecular weight is 339 g/mol. The van der Waals surface area contributed by atoms with Gasteiger partial charge in [0.2, 0.25) is 0 Å². The largest absolute Gasteiger partial charge is 0.388 e. The number of aliphatic hydroxyl groups is 1. The maximum absolute atomic E-state index is 10.1. The van der Waals surface area contributed by atoms with Gasteiger partial charge < -0.3 is 5.11 Å². The molecule has 2 nitrogen and oxygen atoms in total. The monoisotopic (exact) mass is 339 g/mol. The first-order valence-corrected chi connectivity index (χ1v) is 6.58. The summed E-state index contributed by atoms with van der Waals surface area (Å²) in [5, 5.41) is 10.1. The van der Waals surface area contributed by atoms with Crippen LogP contribution in [0.4, 0.5) is 0 Å². The molecule has 0 bridgehead atoms. The second kappa shape index (κ2) is 5.60. The number of aromatic nitrogens is 1. The molecule has 0 aliphatic rings. The van der Waals surface area contributed by atoms with Crippen LogP contribution in [0.2, 0.25) is 0 Å². The summed E-state index contributed by atoms with van der Waals surface area (Å²) in [6.07, 6.45) is 1.89. The predicted molar refractivity (Wildman–Crippen MR) is 76.8 cm³/mol. The Hall–Kier alpha value is -0.940. The van der Waals surface area contributed by atoms with Crippen LogP contribution in [-0.4, -0.2) is 10.1 Å². The van der Waals surface area contributed by atoms with Crippen molar-refractivity contribution in [3.63, 3.8) is 0 Å². The van der Waals surface area contributed by atoms with Gasteiger partial charge in [-0.2, -0.15) is 0 Å². The zero-order valence-corrected chi connectivity index (χ0v) is 11.8. The van der Waals surface area contributed by atoms with Crippen LogP contribution in [0.5, 0.6) is 0 Å². The number of hydrogen-bond donors (Lipinski definition) is 1. The van der Waals surface area contributed by atoms with Gasteiger partial charge >= 0.3 is 0 Å². The summed E-state index contributed by atoms with van der Waals surface area (Å²) in [6, 6.07) is 12.1. The highest BCUT2D eigenvalue weighted by atomic mass is 127. The van der Waals surface area contributed by atoms with Gasteiger partial charge in [-0.25, -0.2) is 0 Å². The third-order valence-electron chi connectivity index (χ3n) is 2.66. The smallest absolute Gasteiger partial charge is 0.0845 e. The molecule has 0 radical (unpaired) electrons. The molecular formula is C14H14INO. The Morgan fingerprint density at radius 3 is 2.47 bits per heavy atom. The Bertz CT molecular complexity index is 479. The summed E-state index contributed by atoms with van der Waals surface area (Å²) in [5.74, 6) is 0. The van der Waals surface area contributed by atoms with E-state index < -0.39 is 6.10 Å². The SMILES string of the molecule is Cc1ccc(C(O)Cc2ccc(I)cc2)cn1. The zero-order chi connectivity index (χ0) is 12.3. The van der Waals surface area contributed by atoms with Crippen LogP contribution in [0, 0.1) is 10.5 Å². The summed E-state index contributed by atoms with van der Waals surface area (Å²) in [6.45, 7) is 1.94. The van der Waals surface area contributed by atoms with Crippen LogP contribution in [0.3, 0.4) is 0 Å². The summed E-state index contributed by atoms with van der Waals surface area (Å²) in [4.78, 5) is 4.19. The van der Waals surface area contributed by atoms with E-state index in [9.17, 15) is 5.11 Å². The van der Waals surface area contributed by atoms with Crippen molar-refractivity contribution < 1.29 is 5.11 Å². The summed E-state index contributed by atoms with van der Waals surface area (Å²) < 4.78 is 1.21. The van der Waals surface area contributed by atoms with Crippen LogP contribution >= 0.6 is 22.6 Å². The molecule has 1 aromatic heterocycles. The van der Waals surface area contributed by atoms with Gasteiger partial charge in [0.05, 0.1) is 6.10 Å². The first-order chi connectivity index (χ1) is 8.15. The molecule has 17 heavy (non-hydrogen) atoms. The molecule has 1 aromatic carbocycles. The number of aryl methyl sites for hydroxylation is 1. The van der Waals surface area contributed by atoms with Crippen molar-refractivity contribution >= 4 is 22.6 Å². The van der Waals surface area contributed by atoms with Gasteiger partial charge in [-0.05, 0) is 58.8 Å². The minimum Gasteiger partial charge on any atom is -0.388 e. The van der Waals surface area contributed by atoms with Gasteiger partial charge in [-0.15, -0.1) is 0 Å². The molecular weight excluding hydrogens is 325 g/mol. The van der Waals surface area contributed by atoms with Gasteiger partial charge in [0.1, 0.15) is 0 Å². The number of aliphatic hydroxyl groups excluding tert-OH is 1. The molecule has 3 heteroatoms. The third-order valence-corrected chi connectivity index (χ3v) is 3.38. The van der Waals surface area contributed by atoms with Crippen molar-refractivity contribution in [2.75, 3.05) is 0 Å². The van der Waals surface area contributed by atoms with Gasteiger partial charge in [0, 0.05) is 21.9 Å². The Labute approximate surface area is 115 Å². The molecule has 0 amide bonds. The molecule has 0 saturated carbocycles. The maximum Gasteiger partial charge on any atom is 0.0845 e. The minimum absolute atomic E-state index is 0.483. The fourth-order valence-electron chi connectivity index (χ4n) is 1.64. The lowest BCUT2D eigenvalue weighted by Crippen LogP contribution is -2.02. The van der Waals surface area contributed by atoms with Crippen LogP contribution in [0.15, 0.2) is 42.6 Å². The highest BCUT2D eigenvalue weighted by molar-refractivity contribution is 14.1. The molecule has 1 N–H and O–H groups in total. The molecule has 88 valence electrons. The van der Waals surface area contributed by atoms with E-state index in [1.165, 1.54) is 3.57 Å². The van der Waals surface area contributed by atoms with E-state index >= 15 is 0 Å².